The summed E-state index contributed by atoms with van der Waals surface area (Å²) in [6, 6.07) is 0. The molecule has 0 aromatic heterocycles. The Morgan fingerprint density at radius 2 is 1.33 bits per heavy atom. The zero-order valence-corrected chi connectivity index (χ0v) is 28.2. The van der Waals surface area contributed by atoms with Gasteiger partial charge in [-0.1, -0.05) is 48.5 Å². The first-order chi connectivity index (χ1) is 19.3. The van der Waals surface area contributed by atoms with E-state index in [1.54, 1.807) is 6.92 Å². The van der Waals surface area contributed by atoms with Crippen LogP contribution in [-0.2, 0) is 28.6 Å². The SMILES string of the molecule is CC(=O)OC[C@]12CCC(C)(C)C[C@H]1[C@H]1[C@H](OC(C)=O)C[C@@H]3[C@@]4(C)CC[C@H](OC(C)=O)C(C)(C)[C@@H]4CC[C@@]3(C)[C@]1(C)CC2. The molecular weight excluding hydrogens is 528 g/mol. The monoisotopic (exact) mass is 586 g/mol. The highest BCUT2D eigenvalue weighted by atomic mass is 16.5. The van der Waals surface area contributed by atoms with Crippen LogP contribution in [-0.4, -0.2) is 36.7 Å². The Labute approximate surface area is 254 Å². The third-order valence-electron chi connectivity index (χ3n) is 14.5. The fourth-order valence-electron chi connectivity index (χ4n) is 12.3. The number of hydrogen-bond acceptors (Lipinski definition) is 6. The first-order valence-corrected chi connectivity index (χ1v) is 16.8. The number of fused-ring (bicyclic) bond motifs is 7. The van der Waals surface area contributed by atoms with E-state index in [-0.39, 0.29) is 68.5 Å². The molecule has 0 heterocycles. The molecule has 5 aliphatic rings. The van der Waals surface area contributed by atoms with Gasteiger partial charge < -0.3 is 14.2 Å². The number of esters is 3. The number of rotatable bonds is 4. The lowest BCUT2D eigenvalue weighted by atomic mass is 9.31. The van der Waals surface area contributed by atoms with Gasteiger partial charge in [-0.2, -0.15) is 0 Å². The van der Waals surface area contributed by atoms with Crippen LogP contribution in [0.5, 0.6) is 0 Å². The molecule has 5 saturated carbocycles. The highest BCUT2D eigenvalue weighted by Gasteiger charge is 2.72. The van der Waals surface area contributed by atoms with Gasteiger partial charge in [-0.25, -0.2) is 0 Å². The van der Waals surface area contributed by atoms with Crippen LogP contribution < -0.4 is 0 Å². The van der Waals surface area contributed by atoms with Crippen LogP contribution in [0.25, 0.3) is 0 Å². The van der Waals surface area contributed by atoms with Gasteiger partial charge in [0.2, 0.25) is 0 Å². The van der Waals surface area contributed by atoms with E-state index in [1.807, 2.05) is 0 Å². The molecule has 0 amide bonds. The van der Waals surface area contributed by atoms with Gasteiger partial charge in [-0.15, -0.1) is 0 Å². The fraction of sp³-hybridized carbons (Fsp3) is 0.917. The lowest BCUT2D eigenvalue weighted by Gasteiger charge is -2.74. The Hall–Kier alpha value is -1.59. The van der Waals surface area contributed by atoms with Gasteiger partial charge in [0.25, 0.3) is 0 Å². The van der Waals surface area contributed by atoms with Crippen molar-refractivity contribution in [2.24, 2.45) is 56.2 Å². The summed E-state index contributed by atoms with van der Waals surface area (Å²) in [4.78, 5) is 36.9. The smallest absolute Gasteiger partial charge is 0.302 e. The quantitative estimate of drug-likeness (QED) is 0.246. The van der Waals surface area contributed by atoms with Gasteiger partial charge in [-0.05, 0) is 104 Å². The number of carbonyl (C=O) groups is 3. The standard InChI is InChI=1S/C36H58O6/c1-22(37)40-21-36-17-15-31(4,5)20-25(36)30-26(41-23(2)38)19-28-33(8)13-12-29(42-24(3)39)32(6,7)27(33)11-14-34(28,9)35(30,10)16-18-36/h25-30H,11-21H2,1-10H3/t25-,26+,27-,28+,29-,30-,33-,34+,35+,36+/m0/s1. The Balaban J connectivity index is 1.58. The molecule has 0 aliphatic heterocycles. The minimum absolute atomic E-state index is 0.00129. The lowest BCUT2D eigenvalue weighted by molar-refractivity contribution is -0.284. The molecule has 10 atom stereocenters. The molecule has 0 radical (unpaired) electrons. The Morgan fingerprint density at radius 3 is 1.95 bits per heavy atom. The molecule has 42 heavy (non-hydrogen) atoms. The first-order valence-electron chi connectivity index (χ1n) is 16.8. The second-order valence-corrected chi connectivity index (χ2v) is 17.5. The van der Waals surface area contributed by atoms with Crippen molar-refractivity contribution in [1.82, 2.24) is 0 Å². The Kier molecular flexibility index (Phi) is 7.75. The predicted molar refractivity (Wildman–Crippen MR) is 162 cm³/mol. The highest BCUT2D eigenvalue weighted by Crippen LogP contribution is 2.77. The molecule has 0 aromatic rings. The molecule has 6 heteroatoms. The molecule has 238 valence electrons. The molecule has 0 saturated heterocycles. The van der Waals surface area contributed by atoms with E-state index < -0.39 is 0 Å². The van der Waals surface area contributed by atoms with Crippen molar-refractivity contribution >= 4 is 17.9 Å². The normalized spacial score (nSPS) is 47.0. The van der Waals surface area contributed by atoms with Crippen molar-refractivity contribution in [2.45, 2.75) is 146 Å². The summed E-state index contributed by atoms with van der Waals surface area (Å²) in [7, 11) is 0. The van der Waals surface area contributed by atoms with Crippen LogP contribution in [0.1, 0.15) is 133 Å². The van der Waals surface area contributed by atoms with E-state index in [0.717, 1.165) is 64.2 Å². The van der Waals surface area contributed by atoms with Crippen LogP contribution in [0, 0.1) is 56.2 Å². The summed E-state index contributed by atoms with van der Waals surface area (Å²) >= 11 is 0. The summed E-state index contributed by atoms with van der Waals surface area (Å²) < 4.78 is 18.2. The first kappa shape index (κ1) is 31.8. The van der Waals surface area contributed by atoms with E-state index in [0.29, 0.717) is 24.4 Å². The number of hydrogen-bond donors (Lipinski definition) is 0. The minimum Gasteiger partial charge on any atom is -0.465 e. The summed E-state index contributed by atoms with van der Waals surface area (Å²) in [5, 5.41) is 0. The zero-order chi connectivity index (χ0) is 31.1. The van der Waals surface area contributed by atoms with Crippen LogP contribution in [0.4, 0.5) is 0 Å². The second kappa shape index (κ2) is 10.2. The third-order valence-corrected chi connectivity index (χ3v) is 14.5. The van der Waals surface area contributed by atoms with Crippen molar-refractivity contribution in [3.05, 3.63) is 0 Å². The van der Waals surface area contributed by atoms with Crippen LogP contribution in [0.2, 0.25) is 0 Å². The maximum atomic E-state index is 12.8. The highest BCUT2D eigenvalue weighted by molar-refractivity contribution is 5.67. The fourth-order valence-corrected chi connectivity index (χ4v) is 12.3. The average molecular weight is 587 g/mol. The van der Waals surface area contributed by atoms with Crippen molar-refractivity contribution < 1.29 is 28.6 Å². The summed E-state index contributed by atoms with van der Waals surface area (Å²) in [6.45, 7) is 22.1. The molecule has 0 spiro atoms. The van der Waals surface area contributed by atoms with E-state index in [2.05, 4.69) is 48.5 Å². The molecule has 5 fully saturated rings. The van der Waals surface area contributed by atoms with E-state index in [9.17, 15) is 14.4 Å². The van der Waals surface area contributed by atoms with E-state index >= 15 is 0 Å². The minimum atomic E-state index is -0.202. The van der Waals surface area contributed by atoms with Gasteiger partial charge in [0.15, 0.2) is 0 Å². The third kappa shape index (κ3) is 4.75. The topological polar surface area (TPSA) is 78.9 Å². The Bertz CT molecular complexity index is 1110. The van der Waals surface area contributed by atoms with E-state index in [4.69, 9.17) is 14.2 Å². The maximum absolute atomic E-state index is 12.8. The predicted octanol–water partition coefficient (Wildman–Crippen LogP) is 7.90. The molecule has 0 N–H and O–H groups in total. The van der Waals surface area contributed by atoms with Crippen molar-refractivity contribution in [2.75, 3.05) is 6.61 Å². The van der Waals surface area contributed by atoms with Crippen molar-refractivity contribution in [3.63, 3.8) is 0 Å². The molecule has 0 aromatic carbocycles. The second-order valence-electron chi connectivity index (χ2n) is 17.5. The van der Waals surface area contributed by atoms with Gasteiger partial charge in [0.05, 0.1) is 6.61 Å². The van der Waals surface area contributed by atoms with Gasteiger partial charge in [-0.3, -0.25) is 14.4 Å². The molecule has 5 rings (SSSR count). The van der Waals surface area contributed by atoms with Crippen LogP contribution in [0.15, 0.2) is 0 Å². The molecular formula is C36H58O6. The Morgan fingerprint density at radius 1 is 0.690 bits per heavy atom. The van der Waals surface area contributed by atoms with E-state index in [1.165, 1.54) is 13.8 Å². The van der Waals surface area contributed by atoms with Crippen LogP contribution >= 0.6 is 0 Å². The summed E-state index contributed by atoms with van der Waals surface area (Å²) in [6.07, 6.45) is 10.2. The molecule has 6 nitrogen and oxygen atoms in total. The summed E-state index contributed by atoms with van der Waals surface area (Å²) in [5.74, 6) is 0.833. The number of ether oxygens (including phenoxy) is 3. The average Bonchev–Trinajstić information content (AvgIpc) is 2.85. The number of carbonyl (C=O) groups excluding carboxylic acids is 3. The largest absolute Gasteiger partial charge is 0.465 e. The maximum Gasteiger partial charge on any atom is 0.302 e. The van der Waals surface area contributed by atoms with Gasteiger partial charge in [0.1, 0.15) is 12.2 Å². The van der Waals surface area contributed by atoms with Gasteiger partial charge >= 0.3 is 17.9 Å². The van der Waals surface area contributed by atoms with Crippen LogP contribution in [0.3, 0.4) is 0 Å². The molecule has 0 bridgehead atoms. The lowest BCUT2D eigenvalue weighted by Crippen LogP contribution is -2.70. The van der Waals surface area contributed by atoms with Gasteiger partial charge in [0, 0.05) is 37.5 Å². The van der Waals surface area contributed by atoms with Crippen molar-refractivity contribution in [1.29, 1.82) is 0 Å². The molecule has 5 aliphatic carbocycles. The van der Waals surface area contributed by atoms with Crippen molar-refractivity contribution in [3.8, 4) is 0 Å². The summed E-state index contributed by atoms with van der Waals surface area (Å²) in [5.41, 5.74) is 0.186. The zero-order valence-electron chi connectivity index (χ0n) is 28.2. The molecule has 0 unspecified atom stereocenters.